The van der Waals surface area contributed by atoms with Crippen molar-refractivity contribution in [2.45, 2.75) is 52.1 Å². The number of carbonyl (C=O) groups excluding carboxylic acids is 1. The SMILES string of the molecule is Cc1noc(C2CCCN(C(=O)OC(C)(C)C)C2)n1. The van der Waals surface area contributed by atoms with Gasteiger partial charge in [0.2, 0.25) is 5.89 Å². The Morgan fingerprint density at radius 3 is 2.79 bits per heavy atom. The highest BCUT2D eigenvalue weighted by atomic mass is 16.6. The minimum atomic E-state index is -0.467. The van der Waals surface area contributed by atoms with Gasteiger partial charge in [-0.1, -0.05) is 5.16 Å². The Morgan fingerprint density at radius 1 is 1.47 bits per heavy atom. The van der Waals surface area contributed by atoms with E-state index in [0.29, 0.717) is 18.3 Å². The van der Waals surface area contributed by atoms with Gasteiger partial charge in [0.25, 0.3) is 0 Å². The third kappa shape index (κ3) is 3.68. The third-order valence-corrected chi connectivity index (χ3v) is 2.97. The van der Waals surface area contributed by atoms with Gasteiger partial charge in [-0.05, 0) is 40.5 Å². The number of carbonyl (C=O) groups is 1. The standard InChI is InChI=1S/C13H21N3O3/c1-9-14-11(19-15-9)10-6-5-7-16(8-10)12(17)18-13(2,3)4/h10H,5-8H2,1-4H3. The summed E-state index contributed by atoms with van der Waals surface area (Å²) in [4.78, 5) is 18.0. The van der Waals surface area contributed by atoms with Crippen LogP contribution >= 0.6 is 0 Å². The molecule has 6 heteroatoms. The van der Waals surface area contributed by atoms with Gasteiger partial charge in [0.15, 0.2) is 5.82 Å². The molecule has 1 atom stereocenters. The van der Waals surface area contributed by atoms with Crippen LogP contribution in [0.4, 0.5) is 4.79 Å². The highest BCUT2D eigenvalue weighted by Crippen LogP contribution is 2.26. The van der Waals surface area contributed by atoms with E-state index in [1.54, 1.807) is 11.8 Å². The number of hydrogen-bond acceptors (Lipinski definition) is 5. The van der Waals surface area contributed by atoms with Crippen molar-refractivity contribution in [1.82, 2.24) is 15.0 Å². The second kappa shape index (κ2) is 5.19. The number of hydrogen-bond donors (Lipinski definition) is 0. The van der Waals surface area contributed by atoms with Crippen molar-refractivity contribution in [1.29, 1.82) is 0 Å². The van der Waals surface area contributed by atoms with Gasteiger partial charge in [0, 0.05) is 13.1 Å². The first-order chi connectivity index (χ1) is 8.85. The molecule has 1 unspecified atom stereocenters. The zero-order valence-corrected chi connectivity index (χ0v) is 12.0. The predicted molar refractivity (Wildman–Crippen MR) is 68.8 cm³/mol. The highest BCUT2D eigenvalue weighted by Gasteiger charge is 2.30. The summed E-state index contributed by atoms with van der Waals surface area (Å²) in [6.07, 6.45) is 1.61. The van der Waals surface area contributed by atoms with Gasteiger partial charge < -0.3 is 14.2 Å². The van der Waals surface area contributed by atoms with Crippen LogP contribution in [0.2, 0.25) is 0 Å². The Hall–Kier alpha value is -1.59. The second-order valence-corrected chi connectivity index (χ2v) is 5.95. The van der Waals surface area contributed by atoms with Crippen molar-refractivity contribution in [2.75, 3.05) is 13.1 Å². The molecule has 0 N–H and O–H groups in total. The van der Waals surface area contributed by atoms with Crippen molar-refractivity contribution in [3.05, 3.63) is 11.7 Å². The van der Waals surface area contributed by atoms with Crippen molar-refractivity contribution in [3.63, 3.8) is 0 Å². The van der Waals surface area contributed by atoms with E-state index >= 15 is 0 Å². The minimum Gasteiger partial charge on any atom is -0.444 e. The lowest BCUT2D eigenvalue weighted by Gasteiger charge is -2.32. The van der Waals surface area contributed by atoms with Crippen LogP contribution in [0, 0.1) is 6.92 Å². The topological polar surface area (TPSA) is 68.5 Å². The van der Waals surface area contributed by atoms with Crippen LogP contribution in [-0.4, -0.2) is 39.8 Å². The summed E-state index contributed by atoms with van der Waals surface area (Å²) in [6, 6.07) is 0. The number of aryl methyl sites for hydroxylation is 1. The molecule has 0 aliphatic carbocycles. The molecule has 19 heavy (non-hydrogen) atoms. The van der Waals surface area contributed by atoms with Crippen LogP contribution in [0.15, 0.2) is 4.52 Å². The molecule has 1 aromatic heterocycles. The first-order valence-corrected chi connectivity index (χ1v) is 6.63. The Balaban J connectivity index is 1.99. The monoisotopic (exact) mass is 267 g/mol. The predicted octanol–water partition coefficient (Wildman–Crippen LogP) is 2.49. The fraction of sp³-hybridized carbons (Fsp3) is 0.769. The van der Waals surface area contributed by atoms with E-state index in [9.17, 15) is 4.79 Å². The van der Waals surface area contributed by atoms with E-state index in [1.807, 2.05) is 20.8 Å². The average molecular weight is 267 g/mol. The third-order valence-electron chi connectivity index (χ3n) is 2.97. The molecule has 1 aromatic rings. The van der Waals surface area contributed by atoms with Crippen molar-refractivity contribution < 1.29 is 14.1 Å². The van der Waals surface area contributed by atoms with Gasteiger partial charge in [-0.2, -0.15) is 4.98 Å². The van der Waals surface area contributed by atoms with Gasteiger partial charge >= 0.3 is 6.09 Å². The summed E-state index contributed by atoms with van der Waals surface area (Å²) < 4.78 is 10.6. The average Bonchev–Trinajstić information content (AvgIpc) is 2.74. The molecule has 1 fully saturated rings. The number of rotatable bonds is 1. The lowest BCUT2D eigenvalue weighted by atomic mass is 9.98. The van der Waals surface area contributed by atoms with Gasteiger partial charge in [0.1, 0.15) is 5.60 Å². The lowest BCUT2D eigenvalue weighted by Crippen LogP contribution is -2.42. The van der Waals surface area contributed by atoms with E-state index < -0.39 is 5.60 Å². The van der Waals surface area contributed by atoms with Gasteiger partial charge in [-0.15, -0.1) is 0 Å². The summed E-state index contributed by atoms with van der Waals surface area (Å²) in [6.45, 7) is 8.70. The molecule has 1 aliphatic rings. The quantitative estimate of drug-likeness (QED) is 0.782. The molecule has 0 spiro atoms. The molecule has 1 amide bonds. The molecule has 1 aliphatic heterocycles. The summed E-state index contributed by atoms with van der Waals surface area (Å²) in [5.74, 6) is 1.36. The molecular weight excluding hydrogens is 246 g/mol. The van der Waals surface area contributed by atoms with Gasteiger partial charge in [-0.3, -0.25) is 0 Å². The van der Waals surface area contributed by atoms with Crippen molar-refractivity contribution in [3.8, 4) is 0 Å². The maximum atomic E-state index is 12.0. The fourth-order valence-corrected chi connectivity index (χ4v) is 2.15. The van der Waals surface area contributed by atoms with E-state index in [2.05, 4.69) is 10.1 Å². The minimum absolute atomic E-state index is 0.113. The highest BCUT2D eigenvalue weighted by molar-refractivity contribution is 5.68. The summed E-state index contributed by atoms with van der Waals surface area (Å²) in [5.41, 5.74) is -0.467. The summed E-state index contributed by atoms with van der Waals surface area (Å²) in [7, 11) is 0. The molecule has 0 radical (unpaired) electrons. The first kappa shape index (κ1) is 13.8. The Bertz CT molecular complexity index is 450. The van der Waals surface area contributed by atoms with E-state index in [1.165, 1.54) is 0 Å². The second-order valence-electron chi connectivity index (χ2n) is 5.95. The normalized spacial score (nSPS) is 20.4. The van der Waals surface area contributed by atoms with Crippen LogP contribution in [0.1, 0.15) is 51.2 Å². The molecule has 0 saturated carbocycles. The lowest BCUT2D eigenvalue weighted by molar-refractivity contribution is 0.0189. The molecule has 1 saturated heterocycles. The van der Waals surface area contributed by atoms with Gasteiger partial charge in [-0.25, -0.2) is 4.79 Å². The maximum absolute atomic E-state index is 12.0. The zero-order chi connectivity index (χ0) is 14.0. The Labute approximate surface area is 113 Å². The van der Waals surface area contributed by atoms with Crippen LogP contribution in [0.3, 0.4) is 0 Å². The summed E-state index contributed by atoms with van der Waals surface area (Å²) in [5, 5.41) is 3.80. The fourth-order valence-electron chi connectivity index (χ4n) is 2.15. The molecule has 2 rings (SSSR count). The molecule has 0 bridgehead atoms. The Morgan fingerprint density at radius 2 is 2.21 bits per heavy atom. The molecule has 0 aromatic carbocycles. The number of ether oxygens (including phenoxy) is 1. The van der Waals surface area contributed by atoms with E-state index in [4.69, 9.17) is 9.26 Å². The first-order valence-electron chi connectivity index (χ1n) is 6.63. The number of nitrogens with zero attached hydrogens (tertiary/aromatic N) is 3. The van der Waals surface area contributed by atoms with Crippen LogP contribution in [-0.2, 0) is 4.74 Å². The van der Waals surface area contributed by atoms with Gasteiger partial charge in [0.05, 0.1) is 5.92 Å². The number of piperidine rings is 1. The molecule has 6 nitrogen and oxygen atoms in total. The molecular formula is C13H21N3O3. The van der Waals surface area contributed by atoms with Crippen molar-refractivity contribution in [2.24, 2.45) is 0 Å². The van der Waals surface area contributed by atoms with Crippen LogP contribution < -0.4 is 0 Å². The molecule has 106 valence electrons. The smallest absolute Gasteiger partial charge is 0.410 e. The van der Waals surface area contributed by atoms with Crippen LogP contribution in [0.25, 0.3) is 0 Å². The summed E-state index contributed by atoms with van der Waals surface area (Å²) >= 11 is 0. The maximum Gasteiger partial charge on any atom is 0.410 e. The van der Waals surface area contributed by atoms with E-state index in [-0.39, 0.29) is 12.0 Å². The zero-order valence-electron chi connectivity index (χ0n) is 12.0. The largest absolute Gasteiger partial charge is 0.444 e. The van der Waals surface area contributed by atoms with Crippen molar-refractivity contribution >= 4 is 6.09 Å². The molecule has 2 heterocycles. The van der Waals surface area contributed by atoms with E-state index in [0.717, 1.165) is 19.4 Å². The Kier molecular flexibility index (Phi) is 3.78. The van der Waals surface area contributed by atoms with Crippen LogP contribution in [0.5, 0.6) is 0 Å². The number of amides is 1. The number of likely N-dealkylation sites (tertiary alicyclic amines) is 1. The number of aromatic nitrogens is 2.